The van der Waals surface area contributed by atoms with Gasteiger partial charge in [0.1, 0.15) is 11.7 Å². The molecule has 0 aromatic rings. The zero-order valence-corrected chi connectivity index (χ0v) is 6.84. The van der Waals surface area contributed by atoms with Crippen LogP contribution in [0.25, 0.3) is 0 Å². The number of ether oxygens (including phenoxy) is 1. The van der Waals surface area contributed by atoms with Crippen molar-refractivity contribution in [2.45, 2.75) is 25.0 Å². The minimum absolute atomic E-state index is 0.381. The van der Waals surface area contributed by atoms with Gasteiger partial charge in [-0.25, -0.2) is 0 Å². The minimum Gasteiger partial charge on any atom is -0.386 e. The first-order valence-corrected chi connectivity index (χ1v) is 3.70. The summed E-state index contributed by atoms with van der Waals surface area (Å²) < 4.78 is 5.18. The van der Waals surface area contributed by atoms with E-state index in [0.29, 0.717) is 6.61 Å². The third-order valence-corrected chi connectivity index (χ3v) is 1.88. The molecular weight excluding hydrogens is 140 g/mol. The molecule has 0 unspecified atom stereocenters. The Morgan fingerprint density at radius 3 is 2.73 bits per heavy atom. The Labute approximate surface area is 67.2 Å². The van der Waals surface area contributed by atoms with Crippen molar-refractivity contribution >= 4 is 0 Å². The van der Waals surface area contributed by atoms with E-state index in [4.69, 9.17) is 4.74 Å². The fraction of sp³-hybridized carbons (Fsp3) is 0.556. The first-order chi connectivity index (χ1) is 5.10. The summed E-state index contributed by atoms with van der Waals surface area (Å²) >= 11 is 0. The Morgan fingerprint density at radius 2 is 2.45 bits per heavy atom. The van der Waals surface area contributed by atoms with Crippen LogP contribution in [-0.2, 0) is 4.74 Å². The van der Waals surface area contributed by atoms with Crippen molar-refractivity contribution in [3.05, 3.63) is 24.8 Å². The molecule has 62 valence electrons. The molecule has 0 amide bonds. The van der Waals surface area contributed by atoms with Crippen LogP contribution in [0.5, 0.6) is 0 Å². The number of aliphatic hydroxyl groups excluding tert-OH is 1. The Hall–Kier alpha value is -0.600. The fourth-order valence-electron chi connectivity index (χ4n) is 1.20. The number of hydrogen-bond acceptors (Lipinski definition) is 2. The number of hydrogen-bond donors (Lipinski definition) is 1. The Morgan fingerprint density at radius 1 is 1.91 bits per heavy atom. The highest BCUT2D eigenvalue weighted by Gasteiger charge is 2.49. The van der Waals surface area contributed by atoms with Crippen molar-refractivity contribution < 1.29 is 9.84 Å². The third kappa shape index (κ3) is 1.70. The second-order valence-electron chi connectivity index (χ2n) is 3.17. The highest BCUT2D eigenvalue weighted by molar-refractivity contribution is 5.12. The first-order valence-electron chi connectivity index (χ1n) is 3.70. The van der Waals surface area contributed by atoms with Gasteiger partial charge in [-0.2, -0.15) is 0 Å². The van der Waals surface area contributed by atoms with Crippen LogP contribution in [-0.4, -0.2) is 23.4 Å². The van der Waals surface area contributed by atoms with Crippen LogP contribution in [0.2, 0.25) is 0 Å². The Balaban J connectivity index is 2.53. The van der Waals surface area contributed by atoms with Gasteiger partial charge >= 0.3 is 0 Å². The normalized spacial score (nSPS) is 31.1. The molecule has 0 saturated carbocycles. The molecule has 1 N–H and O–H groups in total. The fourth-order valence-corrected chi connectivity index (χ4v) is 1.20. The quantitative estimate of drug-likeness (QED) is 0.488. The zero-order valence-electron chi connectivity index (χ0n) is 6.84. The van der Waals surface area contributed by atoms with Crippen molar-refractivity contribution in [2.75, 3.05) is 6.61 Å². The van der Waals surface area contributed by atoms with Crippen LogP contribution in [0, 0.1) is 0 Å². The van der Waals surface area contributed by atoms with Crippen LogP contribution in [0.3, 0.4) is 0 Å². The lowest BCUT2D eigenvalue weighted by atomic mass is 9.96. The summed E-state index contributed by atoms with van der Waals surface area (Å²) in [7, 11) is 0. The summed E-state index contributed by atoms with van der Waals surface area (Å²) in [5.41, 5.74) is 0.650. The summed E-state index contributed by atoms with van der Waals surface area (Å²) in [4.78, 5) is 0. The van der Waals surface area contributed by atoms with Crippen molar-refractivity contribution in [3.8, 4) is 0 Å². The van der Waals surface area contributed by atoms with Gasteiger partial charge in [-0.05, 0) is 6.92 Å². The van der Waals surface area contributed by atoms with Crippen LogP contribution < -0.4 is 0 Å². The topological polar surface area (TPSA) is 32.8 Å². The van der Waals surface area contributed by atoms with Crippen LogP contribution in [0.1, 0.15) is 13.3 Å². The second kappa shape index (κ2) is 2.80. The SMILES string of the molecule is C=C[C@H](O)[C@@]1(CC(=C)C)CO1. The lowest BCUT2D eigenvalue weighted by Gasteiger charge is -2.14. The molecule has 0 aromatic carbocycles. The van der Waals surface area contributed by atoms with Crippen molar-refractivity contribution in [2.24, 2.45) is 0 Å². The van der Waals surface area contributed by atoms with Crippen molar-refractivity contribution in [1.82, 2.24) is 0 Å². The molecule has 11 heavy (non-hydrogen) atoms. The van der Waals surface area contributed by atoms with E-state index >= 15 is 0 Å². The maximum absolute atomic E-state index is 9.41. The molecule has 1 fully saturated rings. The van der Waals surface area contributed by atoms with E-state index in [1.165, 1.54) is 6.08 Å². The van der Waals surface area contributed by atoms with Crippen LogP contribution in [0.4, 0.5) is 0 Å². The van der Waals surface area contributed by atoms with Gasteiger partial charge in [0, 0.05) is 6.42 Å². The van der Waals surface area contributed by atoms with E-state index in [1.54, 1.807) is 0 Å². The van der Waals surface area contributed by atoms with E-state index in [0.717, 1.165) is 12.0 Å². The predicted molar refractivity (Wildman–Crippen MR) is 44.3 cm³/mol. The van der Waals surface area contributed by atoms with E-state index in [9.17, 15) is 5.11 Å². The molecule has 1 heterocycles. The van der Waals surface area contributed by atoms with Gasteiger partial charge in [-0.1, -0.05) is 11.6 Å². The van der Waals surface area contributed by atoms with Gasteiger partial charge in [0.25, 0.3) is 0 Å². The summed E-state index contributed by atoms with van der Waals surface area (Å²) in [5, 5.41) is 9.41. The summed E-state index contributed by atoms with van der Waals surface area (Å²) in [6.45, 7) is 9.83. The number of epoxide rings is 1. The molecule has 2 nitrogen and oxygen atoms in total. The molecule has 0 aliphatic carbocycles. The maximum Gasteiger partial charge on any atom is 0.125 e. The van der Waals surface area contributed by atoms with Gasteiger partial charge in [-0.15, -0.1) is 13.2 Å². The van der Waals surface area contributed by atoms with Gasteiger partial charge in [0.05, 0.1) is 6.61 Å². The lowest BCUT2D eigenvalue weighted by molar-refractivity contribution is 0.112. The zero-order chi connectivity index (χ0) is 8.48. The van der Waals surface area contributed by atoms with Crippen molar-refractivity contribution in [1.29, 1.82) is 0 Å². The number of rotatable bonds is 4. The maximum atomic E-state index is 9.41. The monoisotopic (exact) mass is 154 g/mol. The van der Waals surface area contributed by atoms with Gasteiger partial charge in [-0.3, -0.25) is 0 Å². The predicted octanol–water partition coefficient (Wildman–Crippen LogP) is 1.27. The summed E-state index contributed by atoms with van der Waals surface area (Å²) in [6.07, 6.45) is 1.68. The molecule has 1 rings (SSSR count). The molecule has 1 aliphatic heterocycles. The van der Waals surface area contributed by atoms with Gasteiger partial charge in [0.2, 0.25) is 0 Å². The molecule has 1 saturated heterocycles. The van der Waals surface area contributed by atoms with Gasteiger partial charge in [0.15, 0.2) is 0 Å². The summed E-state index contributed by atoms with van der Waals surface area (Å²) in [6, 6.07) is 0. The smallest absolute Gasteiger partial charge is 0.125 e. The minimum atomic E-state index is -0.556. The third-order valence-electron chi connectivity index (χ3n) is 1.88. The molecule has 2 heteroatoms. The molecule has 2 atom stereocenters. The largest absolute Gasteiger partial charge is 0.386 e. The van der Waals surface area contributed by atoms with Crippen LogP contribution in [0.15, 0.2) is 24.8 Å². The molecular formula is C9H14O2. The summed E-state index contributed by atoms with van der Waals surface area (Å²) in [5.74, 6) is 0. The average Bonchev–Trinajstić information content (AvgIpc) is 2.67. The Bertz CT molecular complexity index is 180. The van der Waals surface area contributed by atoms with E-state index < -0.39 is 6.10 Å². The highest BCUT2D eigenvalue weighted by atomic mass is 16.6. The van der Waals surface area contributed by atoms with Gasteiger partial charge < -0.3 is 9.84 Å². The van der Waals surface area contributed by atoms with Crippen LogP contribution >= 0.6 is 0 Å². The van der Waals surface area contributed by atoms with E-state index in [2.05, 4.69) is 13.2 Å². The second-order valence-corrected chi connectivity index (χ2v) is 3.17. The molecule has 0 bridgehead atoms. The molecule has 0 aromatic heterocycles. The Kier molecular flexibility index (Phi) is 2.16. The van der Waals surface area contributed by atoms with E-state index in [1.807, 2.05) is 6.92 Å². The molecule has 1 aliphatic rings. The standard InChI is InChI=1S/C9H14O2/c1-4-8(10)9(6-11-9)5-7(2)3/h4,8,10H,1-2,5-6H2,3H3/t8-,9+/m0/s1. The number of aliphatic hydroxyl groups is 1. The lowest BCUT2D eigenvalue weighted by Crippen LogP contribution is -2.27. The van der Waals surface area contributed by atoms with E-state index in [-0.39, 0.29) is 5.60 Å². The van der Waals surface area contributed by atoms with Crippen molar-refractivity contribution in [3.63, 3.8) is 0 Å². The first kappa shape index (κ1) is 8.50. The molecule has 0 spiro atoms. The average molecular weight is 154 g/mol. The highest BCUT2D eigenvalue weighted by Crippen LogP contribution is 2.37. The molecule has 0 radical (unpaired) electrons.